The fourth-order valence-electron chi connectivity index (χ4n) is 3.36. The molecule has 2 amide bonds. The van der Waals surface area contributed by atoms with Gasteiger partial charge in [-0.1, -0.05) is 6.42 Å². The molecule has 3 atom stereocenters. The SMILES string of the molecule is C[C@@H]1CCC[C@H](C)N1C[C@@H](CN)NC(=O)Nc1ccc(C(F)(F)F)cc1. The number of carbonyl (C=O) groups excluding carboxylic acids is 1. The number of nitrogens with two attached hydrogens (primary N) is 1. The highest BCUT2D eigenvalue weighted by Crippen LogP contribution is 2.29. The minimum atomic E-state index is -4.40. The molecule has 2 rings (SSSR count). The lowest BCUT2D eigenvalue weighted by molar-refractivity contribution is -0.137. The molecule has 0 spiro atoms. The van der Waals surface area contributed by atoms with Crippen LogP contribution >= 0.6 is 0 Å². The average Bonchev–Trinajstić information content (AvgIpc) is 2.57. The summed E-state index contributed by atoms with van der Waals surface area (Å²) in [7, 11) is 0. The fraction of sp³-hybridized carbons (Fsp3) is 0.611. The van der Waals surface area contributed by atoms with E-state index >= 15 is 0 Å². The monoisotopic (exact) mass is 372 g/mol. The lowest BCUT2D eigenvalue weighted by Gasteiger charge is -2.40. The number of nitrogens with zero attached hydrogens (tertiary/aromatic N) is 1. The van der Waals surface area contributed by atoms with Crippen molar-refractivity contribution in [2.24, 2.45) is 5.73 Å². The van der Waals surface area contributed by atoms with Crippen LogP contribution in [0.2, 0.25) is 0 Å². The number of alkyl halides is 3. The molecule has 1 aromatic carbocycles. The molecule has 0 radical (unpaired) electrons. The van der Waals surface area contributed by atoms with Gasteiger partial charge in [-0.05, 0) is 51.0 Å². The Labute approximate surface area is 152 Å². The molecule has 1 aliphatic heterocycles. The minimum Gasteiger partial charge on any atom is -0.333 e. The highest BCUT2D eigenvalue weighted by atomic mass is 19.4. The van der Waals surface area contributed by atoms with Crippen molar-refractivity contribution in [3.05, 3.63) is 29.8 Å². The number of carbonyl (C=O) groups is 1. The molecule has 0 saturated carbocycles. The van der Waals surface area contributed by atoms with Crippen LogP contribution < -0.4 is 16.4 Å². The second-order valence-electron chi connectivity index (χ2n) is 6.93. The van der Waals surface area contributed by atoms with E-state index in [1.165, 1.54) is 18.6 Å². The zero-order valence-corrected chi connectivity index (χ0v) is 15.1. The third-order valence-electron chi connectivity index (χ3n) is 4.90. The summed E-state index contributed by atoms with van der Waals surface area (Å²) in [6, 6.07) is 4.51. The first kappa shape index (κ1) is 20.5. The maximum Gasteiger partial charge on any atom is 0.416 e. The maximum atomic E-state index is 12.6. The molecule has 0 unspecified atom stereocenters. The van der Waals surface area contributed by atoms with Crippen molar-refractivity contribution in [3.63, 3.8) is 0 Å². The number of urea groups is 1. The summed E-state index contributed by atoms with van der Waals surface area (Å²) in [5.74, 6) is 0. The van der Waals surface area contributed by atoms with Crippen LogP contribution in [-0.4, -0.2) is 42.1 Å². The van der Waals surface area contributed by atoms with Gasteiger partial charge < -0.3 is 16.4 Å². The molecule has 0 aromatic heterocycles. The topological polar surface area (TPSA) is 70.4 Å². The van der Waals surface area contributed by atoms with Gasteiger partial charge >= 0.3 is 12.2 Å². The Balaban J connectivity index is 1.90. The van der Waals surface area contributed by atoms with Gasteiger partial charge in [-0.15, -0.1) is 0 Å². The number of hydrogen-bond donors (Lipinski definition) is 3. The molecule has 26 heavy (non-hydrogen) atoms. The van der Waals surface area contributed by atoms with Gasteiger partial charge in [0.05, 0.1) is 11.6 Å². The van der Waals surface area contributed by atoms with Crippen molar-refractivity contribution in [3.8, 4) is 0 Å². The fourth-order valence-corrected chi connectivity index (χ4v) is 3.36. The number of anilines is 1. The molecule has 4 N–H and O–H groups in total. The van der Waals surface area contributed by atoms with Gasteiger partial charge in [0.2, 0.25) is 0 Å². The smallest absolute Gasteiger partial charge is 0.333 e. The first-order chi connectivity index (χ1) is 12.2. The van der Waals surface area contributed by atoms with Crippen LogP contribution in [0.5, 0.6) is 0 Å². The number of benzene rings is 1. The lowest BCUT2D eigenvalue weighted by atomic mass is 9.97. The summed E-state index contributed by atoms with van der Waals surface area (Å²) in [5, 5.41) is 5.36. The summed E-state index contributed by atoms with van der Waals surface area (Å²) in [4.78, 5) is 14.5. The van der Waals surface area contributed by atoms with E-state index in [9.17, 15) is 18.0 Å². The Morgan fingerprint density at radius 1 is 1.23 bits per heavy atom. The van der Waals surface area contributed by atoms with Gasteiger partial charge in [0.1, 0.15) is 0 Å². The first-order valence-electron chi connectivity index (χ1n) is 8.91. The van der Waals surface area contributed by atoms with E-state index in [-0.39, 0.29) is 12.6 Å². The second-order valence-corrected chi connectivity index (χ2v) is 6.93. The third-order valence-corrected chi connectivity index (χ3v) is 4.90. The van der Waals surface area contributed by atoms with Gasteiger partial charge in [-0.2, -0.15) is 13.2 Å². The molecule has 0 aliphatic carbocycles. The standard InChI is InChI=1S/C18H27F3N4O/c1-12-4-3-5-13(2)25(12)11-16(10-22)24-17(26)23-15-8-6-14(7-9-15)18(19,20)21/h6-9,12-13,16H,3-5,10-11,22H2,1-2H3,(H2,23,24,26)/t12-,13+,16-/m1/s1. The van der Waals surface area contributed by atoms with Crippen LogP contribution in [0.4, 0.5) is 23.7 Å². The van der Waals surface area contributed by atoms with Crippen LogP contribution in [0.25, 0.3) is 0 Å². The number of likely N-dealkylation sites (tertiary alicyclic amines) is 1. The van der Waals surface area contributed by atoms with Gasteiger partial charge in [0.15, 0.2) is 0 Å². The molecule has 8 heteroatoms. The van der Waals surface area contributed by atoms with Crippen LogP contribution in [-0.2, 0) is 6.18 Å². The zero-order chi connectivity index (χ0) is 19.3. The van der Waals surface area contributed by atoms with Crippen LogP contribution in [0, 0.1) is 0 Å². The van der Waals surface area contributed by atoms with Gasteiger partial charge in [0.25, 0.3) is 0 Å². The van der Waals surface area contributed by atoms with E-state index in [1.807, 2.05) is 0 Å². The van der Waals surface area contributed by atoms with Crippen molar-refractivity contribution >= 4 is 11.7 Å². The molecular weight excluding hydrogens is 345 g/mol. The van der Waals surface area contributed by atoms with Gasteiger partial charge in [0, 0.05) is 30.9 Å². The van der Waals surface area contributed by atoms with Gasteiger partial charge in [-0.25, -0.2) is 4.79 Å². The average molecular weight is 372 g/mol. The maximum absolute atomic E-state index is 12.6. The quantitative estimate of drug-likeness (QED) is 0.742. The Kier molecular flexibility index (Phi) is 6.88. The van der Waals surface area contributed by atoms with E-state index in [4.69, 9.17) is 5.73 Å². The Morgan fingerprint density at radius 2 is 1.81 bits per heavy atom. The van der Waals surface area contributed by atoms with E-state index in [0.717, 1.165) is 25.0 Å². The van der Waals surface area contributed by atoms with E-state index in [1.54, 1.807) is 0 Å². The molecule has 146 valence electrons. The lowest BCUT2D eigenvalue weighted by Crippen LogP contribution is -2.54. The highest BCUT2D eigenvalue weighted by molar-refractivity contribution is 5.89. The normalized spacial score (nSPS) is 22.7. The number of piperidine rings is 1. The number of amides is 2. The molecule has 5 nitrogen and oxygen atoms in total. The molecular formula is C18H27F3N4O. The van der Waals surface area contributed by atoms with Crippen LogP contribution in [0.15, 0.2) is 24.3 Å². The third kappa shape index (κ3) is 5.60. The molecule has 1 fully saturated rings. The number of nitrogens with one attached hydrogen (secondary N) is 2. The molecule has 1 heterocycles. The van der Waals surface area contributed by atoms with Crippen molar-refractivity contribution in [1.82, 2.24) is 10.2 Å². The summed E-state index contributed by atoms with van der Waals surface area (Å²) in [5.41, 5.74) is 5.34. The zero-order valence-electron chi connectivity index (χ0n) is 15.1. The van der Waals surface area contributed by atoms with Crippen molar-refractivity contribution in [2.45, 2.75) is 57.4 Å². The highest BCUT2D eigenvalue weighted by Gasteiger charge is 2.30. The predicted molar refractivity (Wildman–Crippen MR) is 95.9 cm³/mol. The molecule has 1 aliphatic rings. The van der Waals surface area contributed by atoms with Crippen LogP contribution in [0.3, 0.4) is 0 Å². The van der Waals surface area contributed by atoms with Crippen molar-refractivity contribution in [2.75, 3.05) is 18.4 Å². The minimum absolute atomic E-state index is 0.229. The summed E-state index contributed by atoms with van der Waals surface area (Å²) < 4.78 is 37.7. The second kappa shape index (κ2) is 8.73. The Hall–Kier alpha value is -1.80. The molecule has 1 saturated heterocycles. The van der Waals surface area contributed by atoms with Gasteiger partial charge in [-0.3, -0.25) is 4.90 Å². The van der Waals surface area contributed by atoms with Crippen LogP contribution in [0.1, 0.15) is 38.7 Å². The molecule has 0 bridgehead atoms. The Morgan fingerprint density at radius 3 is 2.31 bits per heavy atom. The molecule has 1 aromatic rings. The van der Waals surface area contributed by atoms with E-state index in [0.29, 0.717) is 24.3 Å². The summed E-state index contributed by atoms with van der Waals surface area (Å²) in [6.45, 7) is 5.28. The number of rotatable bonds is 5. The van der Waals surface area contributed by atoms with E-state index < -0.39 is 17.8 Å². The van der Waals surface area contributed by atoms with E-state index in [2.05, 4.69) is 29.4 Å². The number of hydrogen-bond acceptors (Lipinski definition) is 3. The van der Waals surface area contributed by atoms with Crippen molar-refractivity contribution in [1.29, 1.82) is 0 Å². The Bertz CT molecular complexity index is 581. The summed E-state index contributed by atoms with van der Waals surface area (Å²) in [6.07, 6.45) is -0.944. The predicted octanol–water partition coefficient (Wildman–Crippen LogP) is 3.42. The first-order valence-corrected chi connectivity index (χ1v) is 8.91. The summed E-state index contributed by atoms with van der Waals surface area (Å²) >= 11 is 0. The largest absolute Gasteiger partial charge is 0.416 e. The number of halogens is 3. The van der Waals surface area contributed by atoms with Crippen molar-refractivity contribution < 1.29 is 18.0 Å².